The van der Waals surface area contributed by atoms with Crippen molar-refractivity contribution >= 4 is 28.8 Å². The number of amides is 1. The monoisotopic (exact) mass is 383 g/mol. The number of carbonyl (C=O) groups is 3. The Bertz CT molecular complexity index is 864. The Labute approximate surface area is 163 Å². The van der Waals surface area contributed by atoms with Crippen LogP contribution in [0.1, 0.15) is 69.6 Å². The molecule has 148 valence electrons. The van der Waals surface area contributed by atoms with Gasteiger partial charge in [-0.2, -0.15) is 0 Å². The van der Waals surface area contributed by atoms with Crippen molar-refractivity contribution in [2.24, 2.45) is 0 Å². The second-order valence-corrected chi connectivity index (χ2v) is 6.56. The highest BCUT2D eigenvalue weighted by atomic mass is 16.5. The number of anilines is 2. The first kappa shape index (κ1) is 21.1. The molecule has 1 amide bonds. The lowest BCUT2D eigenvalue weighted by atomic mass is 9.96. The molecule has 2 aromatic rings. The van der Waals surface area contributed by atoms with Gasteiger partial charge in [0, 0.05) is 29.8 Å². The average molecular weight is 383 g/mol. The van der Waals surface area contributed by atoms with Gasteiger partial charge < -0.3 is 11.5 Å². The van der Waals surface area contributed by atoms with Crippen molar-refractivity contribution in [3.8, 4) is 0 Å². The molecule has 28 heavy (non-hydrogen) atoms. The summed E-state index contributed by atoms with van der Waals surface area (Å²) in [4.78, 5) is 36.3. The van der Waals surface area contributed by atoms with Gasteiger partial charge >= 0.3 is 0 Å². The maximum atomic E-state index is 12.5. The fraction of sp³-hybridized carbons (Fsp3) is 0.286. The third-order valence-electron chi connectivity index (χ3n) is 4.54. The standard InChI is InChI=1S/C21H25N3O4/c22-16-10-6-5-8-14(16)18(25)12-3-1-2-4-13-19(26)20-15(21(27)24-28)9-7-11-17(20)23/h5-11,28H,1-4,12-13,22-23H2,(H,24,27). The van der Waals surface area contributed by atoms with Crippen LogP contribution in [0.2, 0.25) is 0 Å². The number of Topliss-reactive ketones (excluding diaryl/α,β-unsaturated/α-hetero) is 2. The molecule has 0 aliphatic rings. The third kappa shape index (κ3) is 5.40. The number of para-hydroxylation sites is 1. The molecule has 0 atom stereocenters. The zero-order chi connectivity index (χ0) is 20.5. The van der Waals surface area contributed by atoms with Crippen LogP contribution in [0.25, 0.3) is 0 Å². The molecule has 2 aromatic carbocycles. The number of ketones is 2. The zero-order valence-corrected chi connectivity index (χ0v) is 15.6. The fourth-order valence-electron chi connectivity index (χ4n) is 3.07. The molecular weight excluding hydrogens is 358 g/mol. The molecule has 7 heteroatoms. The van der Waals surface area contributed by atoms with Gasteiger partial charge in [-0.15, -0.1) is 0 Å². The average Bonchev–Trinajstić information content (AvgIpc) is 2.69. The molecule has 0 bridgehead atoms. The number of carbonyl (C=O) groups excluding carboxylic acids is 3. The molecule has 0 aliphatic heterocycles. The molecule has 0 heterocycles. The molecule has 0 unspecified atom stereocenters. The van der Waals surface area contributed by atoms with E-state index in [1.807, 2.05) is 0 Å². The molecule has 0 saturated carbocycles. The molecule has 0 spiro atoms. The summed E-state index contributed by atoms with van der Waals surface area (Å²) in [5.41, 5.74) is 14.6. The van der Waals surface area contributed by atoms with Crippen molar-refractivity contribution < 1.29 is 19.6 Å². The summed E-state index contributed by atoms with van der Waals surface area (Å²) < 4.78 is 0. The van der Waals surface area contributed by atoms with Crippen LogP contribution in [-0.4, -0.2) is 22.7 Å². The van der Waals surface area contributed by atoms with Crippen molar-refractivity contribution in [1.82, 2.24) is 5.48 Å². The maximum Gasteiger partial charge on any atom is 0.275 e. The maximum absolute atomic E-state index is 12.5. The van der Waals surface area contributed by atoms with Gasteiger partial charge in [0.2, 0.25) is 0 Å². The quantitative estimate of drug-likeness (QED) is 0.163. The highest BCUT2D eigenvalue weighted by molar-refractivity contribution is 6.11. The number of hydrogen-bond acceptors (Lipinski definition) is 6. The van der Waals surface area contributed by atoms with Crippen LogP contribution >= 0.6 is 0 Å². The predicted octanol–water partition coefficient (Wildman–Crippen LogP) is 3.38. The first-order valence-corrected chi connectivity index (χ1v) is 9.19. The minimum Gasteiger partial charge on any atom is -0.398 e. The van der Waals surface area contributed by atoms with Gasteiger partial charge in [-0.05, 0) is 37.1 Å². The number of nitrogen functional groups attached to an aromatic ring is 2. The van der Waals surface area contributed by atoms with E-state index in [9.17, 15) is 14.4 Å². The van der Waals surface area contributed by atoms with Gasteiger partial charge in [-0.25, -0.2) is 5.48 Å². The summed E-state index contributed by atoms with van der Waals surface area (Å²) in [6.07, 6.45) is 3.56. The number of hydrogen-bond donors (Lipinski definition) is 4. The van der Waals surface area contributed by atoms with Crippen molar-refractivity contribution in [2.45, 2.75) is 38.5 Å². The van der Waals surface area contributed by atoms with Gasteiger partial charge in [0.25, 0.3) is 5.91 Å². The van der Waals surface area contributed by atoms with Crippen LogP contribution in [0.4, 0.5) is 11.4 Å². The predicted molar refractivity (Wildman–Crippen MR) is 107 cm³/mol. The van der Waals surface area contributed by atoms with Crippen LogP contribution in [0, 0.1) is 0 Å². The number of nitrogens with one attached hydrogen (secondary N) is 1. The minimum atomic E-state index is -0.769. The Morgan fingerprint density at radius 1 is 0.750 bits per heavy atom. The lowest BCUT2D eigenvalue weighted by Gasteiger charge is -2.10. The molecule has 2 rings (SSSR count). The van der Waals surface area contributed by atoms with Gasteiger partial charge in [0.15, 0.2) is 11.6 Å². The summed E-state index contributed by atoms with van der Waals surface area (Å²) in [5.74, 6) is -0.995. The minimum absolute atomic E-state index is 0.0193. The molecule has 6 N–H and O–H groups in total. The van der Waals surface area contributed by atoms with Crippen molar-refractivity contribution in [3.63, 3.8) is 0 Å². The zero-order valence-electron chi connectivity index (χ0n) is 15.6. The van der Waals surface area contributed by atoms with E-state index in [0.717, 1.165) is 12.8 Å². The van der Waals surface area contributed by atoms with Crippen LogP contribution in [0.5, 0.6) is 0 Å². The molecule has 0 aromatic heterocycles. The lowest BCUT2D eigenvalue weighted by molar-refractivity contribution is 0.0702. The first-order chi connectivity index (χ1) is 13.5. The van der Waals surface area contributed by atoms with E-state index < -0.39 is 5.91 Å². The Morgan fingerprint density at radius 2 is 1.32 bits per heavy atom. The topological polar surface area (TPSA) is 136 Å². The summed E-state index contributed by atoms with van der Waals surface area (Å²) >= 11 is 0. The van der Waals surface area contributed by atoms with Gasteiger partial charge in [0.1, 0.15) is 0 Å². The van der Waals surface area contributed by atoms with Crippen molar-refractivity contribution in [1.29, 1.82) is 0 Å². The smallest absolute Gasteiger partial charge is 0.275 e. The van der Waals surface area contributed by atoms with Crippen LogP contribution in [0.15, 0.2) is 42.5 Å². The number of nitrogens with two attached hydrogens (primary N) is 2. The van der Waals surface area contributed by atoms with E-state index >= 15 is 0 Å². The Kier molecular flexibility index (Phi) is 7.71. The summed E-state index contributed by atoms with van der Waals surface area (Å²) in [6, 6.07) is 11.5. The highest BCUT2D eigenvalue weighted by Gasteiger charge is 2.19. The fourth-order valence-corrected chi connectivity index (χ4v) is 3.07. The second-order valence-electron chi connectivity index (χ2n) is 6.56. The SMILES string of the molecule is Nc1ccccc1C(=O)CCCCCCC(=O)c1c(N)cccc1C(=O)NO. The van der Waals surface area contributed by atoms with E-state index in [1.54, 1.807) is 36.4 Å². The molecular formula is C21H25N3O4. The molecule has 0 fully saturated rings. The summed E-state index contributed by atoms with van der Waals surface area (Å²) in [5, 5.41) is 8.82. The third-order valence-corrected chi connectivity index (χ3v) is 4.54. The van der Waals surface area contributed by atoms with Crippen LogP contribution < -0.4 is 16.9 Å². The first-order valence-electron chi connectivity index (χ1n) is 9.19. The van der Waals surface area contributed by atoms with E-state index in [4.69, 9.17) is 16.7 Å². The molecule has 0 aliphatic carbocycles. The van der Waals surface area contributed by atoms with Gasteiger partial charge in [-0.3, -0.25) is 19.6 Å². The van der Waals surface area contributed by atoms with E-state index in [0.29, 0.717) is 30.5 Å². The molecule has 7 nitrogen and oxygen atoms in total. The highest BCUT2D eigenvalue weighted by Crippen LogP contribution is 2.21. The van der Waals surface area contributed by atoms with Gasteiger partial charge in [0.05, 0.1) is 11.1 Å². The van der Waals surface area contributed by atoms with Crippen molar-refractivity contribution in [3.05, 3.63) is 59.2 Å². The Morgan fingerprint density at radius 3 is 1.96 bits per heavy atom. The van der Waals surface area contributed by atoms with E-state index in [2.05, 4.69) is 0 Å². The normalized spacial score (nSPS) is 10.5. The summed E-state index contributed by atoms with van der Waals surface area (Å²) in [7, 11) is 0. The van der Waals surface area contributed by atoms with E-state index in [1.165, 1.54) is 11.5 Å². The Balaban J connectivity index is 1.79. The lowest BCUT2D eigenvalue weighted by Crippen LogP contribution is -2.22. The number of hydroxylamine groups is 1. The molecule has 0 radical (unpaired) electrons. The van der Waals surface area contributed by atoms with Crippen molar-refractivity contribution in [2.75, 3.05) is 11.5 Å². The number of unbranched alkanes of at least 4 members (excludes halogenated alkanes) is 3. The second kappa shape index (κ2) is 10.2. The number of benzene rings is 2. The van der Waals surface area contributed by atoms with Crippen LogP contribution in [0.3, 0.4) is 0 Å². The largest absolute Gasteiger partial charge is 0.398 e. The van der Waals surface area contributed by atoms with Gasteiger partial charge in [-0.1, -0.05) is 31.0 Å². The summed E-state index contributed by atoms with van der Waals surface area (Å²) in [6.45, 7) is 0. The molecule has 0 saturated heterocycles. The van der Waals surface area contributed by atoms with Crippen LogP contribution in [-0.2, 0) is 0 Å². The van der Waals surface area contributed by atoms with E-state index in [-0.39, 0.29) is 34.8 Å². The number of rotatable bonds is 10. The Hall–Kier alpha value is -3.19.